The molecule has 2 rings (SSSR count). The molecule has 1 N–H and O–H groups in total. The fourth-order valence-electron chi connectivity index (χ4n) is 1.37. The molecule has 1 aromatic heterocycles. The van der Waals surface area contributed by atoms with Gasteiger partial charge >= 0.3 is 5.97 Å². The number of hydrogen-bond donors (Lipinski definition) is 1. The van der Waals surface area contributed by atoms with Crippen molar-refractivity contribution < 1.29 is 14.3 Å². The van der Waals surface area contributed by atoms with Crippen LogP contribution in [0.2, 0.25) is 5.02 Å². The summed E-state index contributed by atoms with van der Waals surface area (Å²) in [5, 5.41) is 9.25. The Labute approximate surface area is 101 Å². The van der Waals surface area contributed by atoms with E-state index in [0.29, 0.717) is 10.6 Å². The smallest absolute Gasteiger partial charge is 0.371 e. The van der Waals surface area contributed by atoms with E-state index in [9.17, 15) is 9.59 Å². The van der Waals surface area contributed by atoms with E-state index in [4.69, 9.17) is 21.1 Å². The van der Waals surface area contributed by atoms with E-state index in [2.05, 4.69) is 0 Å². The van der Waals surface area contributed by atoms with Gasteiger partial charge in [-0.2, -0.15) is 0 Å². The summed E-state index contributed by atoms with van der Waals surface area (Å²) >= 11 is 5.80. The Balaban J connectivity index is 2.60. The molecular formula is C12H7ClO4. The van der Waals surface area contributed by atoms with Gasteiger partial charge in [-0.3, -0.25) is 4.79 Å². The molecule has 0 saturated carbocycles. The molecule has 0 spiro atoms. The molecule has 0 unspecified atom stereocenters. The predicted octanol–water partition coefficient (Wildman–Crippen LogP) is 2.66. The second kappa shape index (κ2) is 4.43. The fourth-order valence-corrected chi connectivity index (χ4v) is 1.56. The van der Waals surface area contributed by atoms with Crippen molar-refractivity contribution in [3.05, 3.63) is 57.4 Å². The number of carboxylic acids is 1. The van der Waals surface area contributed by atoms with Crippen LogP contribution >= 0.6 is 11.6 Å². The summed E-state index contributed by atoms with van der Waals surface area (Å²) in [5.41, 5.74) is 0.126. The molecule has 0 saturated heterocycles. The molecule has 0 aliphatic rings. The Bertz CT molecular complexity index is 630. The van der Waals surface area contributed by atoms with E-state index in [1.807, 2.05) is 0 Å². The average molecular weight is 251 g/mol. The van der Waals surface area contributed by atoms with Crippen LogP contribution in [0, 0.1) is 0 Å². The minimum Gasteiger partial charge on any atom is -0.475 e. The van der Waals surface area contributed by atoms with E-state index in [1.54, 1.807) is 24.3 Å². The molecule has 4 nitrogen and oxygen atoms in total. The van der Waals surface area contributed by atoms with Crippen LogP contribution < -0.4 is 5.43 Å². The number of carboxylic acid groups (broad SMARTS) is 1. The number of benzene rings is 1. The summed E-state index contributed by atoms with van der Waals surface area (Å²) in [7, 11) is 0. The lowest BCUT2D eigenvalue weighted by molar-refractivity contribution is 0.0660. The highest BCUT2D eigenvalue weighted by molar-refractivity contribution is 6.30. The second-order valence-electron chi connectivity index (χ2n) is 3.34. The molecule has 0 fully saturated rings. The monoisotopic (exact) mass is 250 g/mol. The highest BCUT2D eigenvalue weighted by Gasteiger charge is 2.10. The van der Waals surface area contributed by atoms with Crippen molar-refractivity contribution in [1.82, 2.24) is 0 Å². The Morgan fingerprint density at radius 1 is 1.24 bits per heavy atom. The van der Waals surface area contributed by atoms with Gasteiger partial charge in [0.05, 0.1) is 0 Å². The van der Waals surface area contributed by atoms with Gasteiger partial charge in [-0.1, -0.05) is 23.7 Å². The predicted molar refractivity (Wildman–Crippen MR) is 62.4 cm³/mol. The molecule has 86 valence electrons. The molecule has 0 bridgehead atoms. The average Bonchev–Trinajstić information content (AvgIpc) is 2.28. The van der Waals surface area contributed by atoms with Gasteiger partial charge in [0.25, 0.3) is 0 Å². The topological polar surface area (TPSA) is 67.5 Å². The first kappa shape index (κ1) is 11.4. The quantitative estimate of drug-likeness (QED) is 0.890. The summed E-state index contributed by atoms with van der Waals surface area (Å²) in [6, 6.07) is 8.77. The van der Waals surface area contributed by atoms with E-state index < -0.39 is 17.2 Å². The lowest BCUT2D eigenvalue weighted by Gasteiger charge is -2.02. The Morgan fingerprint density at radius 2 is 2.00 bits per heavy atom. The maximum atomic E-state index is 11.3. The van der Waals surface area contributed by atoms with Gasteiger partial charge in [-0.05, 0) is 12.1 Å². The molecule has 17 heavy (non-hydrogen) atoms. The van der Waals surface area contributed by atoms with Crippen molar-refractivity contribution in [3.8, 4) is 11.3 Å². The molecule has 0 radical (unpaired) electrons. The lowest BCUT2D eigenvalue weighted by atomic mass is 10.1. The van der Waals surface area contributed by atoms with Gasteiger partial charge in [-0.15, -0.1) is 0 Å². The number of aromatic carboxylic acids is 1. The van der Waals surface area contributed by atoms with E-state index >= 15 is 0 Å². The van der Waals surface area contributed by atoms with Crippen LogP contribution in [-0.4, -0.2) is 11.1 Å². The maximum absolute atomic E-state index is 11.3. The SMILES string of the molecule is O=C(O)c1cc(=O)cc(-c2cccc(Cl)c2)o1. The molecule has 0 amide bonds. The van der Waals surface area contributed by atoms with Crippen LogP contribution in [0.25, 0.3) is 11.3 Å². The van der Waals surface area contributed by atoms with Crippen LogP contribution in [0.5, 0.6) is 0 Å². The van der Waals surface area contributed by atoms with Gasteiger partial charge in [0, 0.05) is 22.7 Å². The molecule has 1 aromatic carbocycles. The van der Waals surface area contributed by atoms with Crippen molar-refractivity contribution in [2.75, 3.05) is 0 Å². The minimum atomic E-state index is -1.29. The van der Waals surface area contributed by atoms with E-state index in [-0.39, 0.29) is 5.76 Å². The van der Waals surface area contributed by atoms with Gasteiger partial charge < -0.3 is 9.52 Å². The first-order valence-electron chi connectivity index (χ1n) is 4.71. The van der Waals surface area contributed by atoms with Gasteiger partial charge in [-0.25, -0.2) is 4.79 Å². The number of rotatable bonds is 2. The minimum absolute atomic E-state index is 0.178. The molecule has 0 aliphatic heterocycles. The first-order valence-corrected chi connectivity index (χ1v) is 5.08. The van der Waals surface area contributed by atoms with Gasteiger partial charge in [0.1, 0.15) is 5.76 Å². The lowest BCUT2D eigenvalue weighted by Crippen LogP contribution is -2.05. The Hall–Kier alpha value is -2.07. The van der Waals surface area contributed by atoms with Crippen molar-refractivity contribution in [1.29, 1.82) is 0 Å². The normalized spacial score (nSPS) is 10.2. The standard InChI is InChI=1S/C12H7ClO4/c13-8-3-1-2-7(4-8)10-5-9(14)6-11(17-10)12(15)16/h1-6H,(H,15,16). The third kappa shape index (κ3) is 2.54. The summed E-state index contributed by atoms with van der Waals surface area (Å²) in [5.74, 6) is -1.50. The van der Waals surface area contributed by atoms with Gasteiger partial charge in [0.15, 0.2) is 5.43 Å². The molecule has 2 aromatic rings. The summed E-state index contributed by atoms with van der Waals surface area (Å²) < 4.78 is 5.10. The van der Waals surface area contributed by atoms with Crippen molar-refractivity contribution in [2.45, 2.75) is 0 Å². The Morgan fingerprint density at radius 3 is 2.65 bits per heavy atom. The molecular weight excluding hydrogens is 244 g/mol. The second-order valence-corrected chi connectivity index (χ2v) is 3.77. The molecule has 1 heterocycles. The van der Waals surface area contributed by atoms with Crippen molar-refractivity contribution >= 4 is 17.6 Å². The van der Waals surface area contributed by atoms with Crippen LogP contribution in [0.15, 0.2) is 45.6 Å². The van der Waals surface area contributed by atoms with Crippen LogP contribution in [0.1, 0.15) is 10.6 Å². The fraction of sp³-hybridized carbons (Fsp3) is 0. The number of carbonyl (C=O) groups is 1. The zero-order valence-corrected chi connectivity index (χ0v) is 9.27. The van der Waals surface area contributed by atoms with Crippen LogP contribution in [0.4, 0.5) is 0 Å². The Kier molecular flexibility index (Phi) is 2.97. The summed E-state index contributed by atoms with van der Waals surface area (Å²) in [6.07, 6.45) is 0. The largest absolute Gasteiger partial charge is 0.475 e. The summed E-state index contributed by atoms with van der Waals surface area (Å²) in [6.45, 7) is 0. The number of hydrogen-bond acceptors (Lipinski definition) is 3. The van der Waals surface area contributed by atoms with Gasteiger partial charge in [0.2, 0.25) is 5.76 Å². The molecule has 0 atom stereocenters. The zero-order valence-electron chi connectivity index (χ0n) is 8.51. The molecule has 5 heteroatoms. The van der Waals surface area contributed by atoms with Crippen molar-refractivity contribution in [3.63, 3.8) is 0 Å². The first-order chi connectivity index (χ1) is 8.06. The van der Waals surface area contributed by atoms with E-state index in [0.717, 1.165) is 6.07 Å². The number of halogens is 1. The zero-order chi connectivity index (χ0) is 12.4. The maximum Gasteiger partial charge on any atom is 0.371 e. The van der Waals surface area contributed by atoms with Crippen LogP contribution in [0.3, 0.4) is 0 Å². The highest BCUT2D eigenvalue weighted by Crippen LogP contribution is 2.22. The van der Waals surface area contributed by atoms with Crippen LogP contribution in [-0.2, 0) is 0 Å². The third-order valence-corrected chi connectivity index (χ3v) is 2.32. The molecule has 0 aliphatic carbocycles. The van der Waals surface area contributed by atoms with Crippen molar-refractivity contribution in [2.24, 2.45) is 0 Å². The van der Waals surface area contributed by atoms with E-state index in [1.165, 1.54) is 6.07 Å². The summed E-state index contributed by atoms with van der Waals surface area (Å²) in [4.78, 5) is 22.1. The third-order valence-electron chi connectivity index (χ3n) is 2.09. The highest BCUT2D eigenvalue weighted by atomic mass is 35.5.